The second-order valence-corrected chi connectivity index (χ2v) is 3.13. The van der Waals surface area contributed by atoms with Gasteiger partial charge < -0.3 is 25.6 Å². The van der Waals surface area contributed by atoms with Crippen LogP contribution in [0.25, 0.3) is 0 Å². The van der Waals surface area contributed by atoms with Gasteiger partial charge >= 0.3 is 0 Å². The lowest BCUT2D eigenvalue weighted by Gasteiger charge is -2.16. The van der Waals surface area contributed by atoms with Crippen molar-refractivity contribution < 1.29 is 14.6 Å². The molecule has 0 aromatic rings. The number of hydrogen-bond acceptors (Lipinski definition) is 5. The zero-order valence-electron chi connectivity index (χ0n) is 7.90. The fraction of sp³-hybridized carbons (Fsp3) is 1.00. The fourth-order valence-corrected chi connectivity index (χ4v) is 1.39. The first-order valence-electron chi connectivity index (χ1n) is 4.53. The molecular formula is C8H18N2O3. The molecular weight excluding hydrogens is 172 g/mol. The lowest BCUT2D eigenvalue weighted by molar-refractivity contribution is 0.00529. The highest BCUT2D eigenvalue weighted by Gasteiger charge is 2.35. The van der Waals surface area contributed by atoms with Crippen molar-refractivity contribution in [2.45, 2.75) is 18.3 Å². The molecule has 4 N–H and O–H groups in total. The van der Waals surface area contributed by atoms with Crippen LogP contribution in [0.15, 0.2) is 0 Å². The third kappa shape index (κ3) is 2.89. The van der Waals surface area contributed by atoms with Gasteiger partial charge in [-0.05, 0) is 0 Å². The van der Waals surface area contributed by atoms with Crippen LogP contribution in [0.5, 0.6) is 0 Å². The van der Waals surface area contributed by atoms with Crippen LogP contribution >= 0.6 is 0 Å². The minimum absolute atomic E-state index is 0.170. The molecule has 0 aromatic carbocycles. The number of nitrogens with two attached hydrogens (primary N) is 1. The van der Waals surface area contributed by atoms with Crippen molar-refractivity contribution in [3.8, 4) is 0 Å². The molecule has 0 saturated carbocycles. The Labute approximate surface area is 78.2 Å². The Kier molecular flexibility index (Phi) is 4.61. The third-order valence-corrected chi connectivity index (χ3v) is 2.21. The van der Waals surface area contributed by atoms with Gasteiger partial charge in [-0.2, -0.15) is 0 Å². The SMILES string of the molecule is COC1COC(CNCCN)C1O. The molecule has 1 aliphatic rings. The van der Waals surface area contributed by atoms with E-state index >= 15 is 0 Å². The lowest BCUT2D eigenvalue weighted by Crippen LogP contribution is -2.39. The highest BCUT2D eigenvalue weighted by atomic mass is 16.6. The summed E-state index contributed by atoms with van der Waals surface area (Å²) in [6, 6.07) is 0. The summed E-state index contributed by atoms with van der Waals surface area (Å²) in [4.78, 5) is 0. The Morgan fingerprint density at radius 1 is 1.69 bits per heavy atom. The average Bonchev–Trinajstić information content (AvgIpc) is 2.48. The Morgan fingerprint density at radius 3 is 3.00 bits per heavy atom. The van der Waals surface area contributed by atoms with Gasteiger partial charge in [0.25, 0.3) is 0 Å². The maximum atomic E-state index is 9.63. The molecule has 78 valence electrons. The topological polar surface area (TPSA) is 76.7 Å². The molecule has 1 fully saturated rings. The molecule has 0 bridgehead atoms. The van der Waals surface area contributed by atoms with Crippen molar-refractivity contribution in [3.05, 3.63) is 0 Å². The number of rotatable bonds is 5. The second kappa shape index (κ2) is 5.51. The van der Waals surface area contributed by atoms with E-state index < -0.39 is 6.10 Å². The predicted octanol–water partition coefficient (Wildman–Crippen LogP) is -1.69. The second-order valence-electron chi connectivity index (χ2n) is 3.13. The largest absolute Gasteiger partial charge is 0.388 e. The lowest BCUT2D eigenvalue weighted by atomic mass is 10.1. The Morgan fingerprint density at radius 2 is 2.46 bits per heavy atom. The molecule has 5 heteroatoms. The maximum Gasteiger partial charge on any atom is 0.110 e. The van der Waals surface area contributed by atoms with Crippen LogP contribution in [0.2, 0.25) is 0 Å². The summed E-state index contributed by atoms with van der Waals surface area (Å²) in [5, 5.41) is 12.7. The van der Waals surface area contributed by atoms with Crippen LogP contribution in [0, 0.1) is 0 Å². The molecule has 0 amide bonds. The van der Waals surface area contributed by atoms with Gasteiger partial charge in [0.15, 0.2) is 0 Å². The van der Waals surface area contributed by atoms with E-state index in [0.717, 1.165) is 6.54 Å². The van der Waals surface area contributed by atoms with Crippen molar-refractivity contribution in [2.75, 3.05) is 33.4 Å². The summed E-state index contributed by atoms with van der Waals surface area (Å²) >= 11 is 0. The average molecular weight is 190 g/mol. The Bertz CT molecular complexity index is 145. The number of ether oxygens (including phenoxy) is 2. The van der Waals surface area contributed by atoms with E-state index in [4.69, 9.17) is 15.2 Å². The minimum atomic E-state index is -0.532. The molecule has 1 heterocycles. The summed E-state index contributed by atoms with van der Waals surface area (Å²) in [5.41, 5.74) is 5.31. The summed E-state index contributed by atoms with van der Waals surface area (Å²) < 4.78 is 10.4. The van der Waals surface area contributed by atoms with Crippen molar-refractivity contribution in [1.82, 2.24) is 5.32 Å². The monoisotopic (exact) mass is 190 g/mol. The minimum Gasteiger partial charge on any atom is -0.388 e. The number of aliphatic hydroxyl groups excluding tert-OH is 1. The van der Waals surface area contributed by atoms with Crippen LogP contribution in [-0.2, 0) is 9.47 Å². The first kappa shape index (κ1) is 10.9. The van der Waals surface area contributed by atoms with Gasteiger partial charge in [-0.15, -0.1) is 0 Å². The molecule has 1 rings (SSSR count). The Hall–Kier alpha value is -0.200. The van der Waals surface area contributed by atoms with Gasteiger partial charge in [0, 0.05) is 26.7 Å². The van der Waals surface area contributed by atoms with Gasteiger partial charge in [-0.1, -0.05) is 0 Å². The van der Waals surface area contributed by atoms with Crippen LogP contribution in [0.3, 0.4) is 0 Å². The number of nitrogens with one attached hydrogen (secondary N) is 1. The first-order chi connectivity index (χ1) is 6.29. The van der Waals surface area contributed by atoms with Gasteiger partial charge in [0.2, 0.25) is 0 Å². The van der Waals surface area contributed by atoms with Crippen LogP contribution in [0.4, 0.5) is 0 Å². The quantitative estimate of drug-likeness (QED) is 0.451. The first-order valence-corrected chi connectivity index (χ1v) is 4.53. The van der Waals surface area contributed by atoms with Crippen LogP contribution < -0.4 is 11.1 Å². The van der Waals surface area contributed by atoms with Crippen LogP contribution in [-0.4, -0.2) is 56.8 Å². The van der Waals surface area contributed by atoms with E-state index in [9.17, 15) is 5.11 Å². The summed E-state index contributed by atoms with van der Waals surface area (Å²) in [6.45, 7) is 2.42. The van der Waals surface area contributed by atoms with Crippen molar-refractivity contribution in [1.29, 1.82) is 0 Å². The van der Waals surface area contributed by atoms with Gasteiger partial charge in [-0.3, -0.25) is 0 Å². The smallest absolute Gasteiger partial charge is 0.110 e. The van der Waals surface area contributed by atoms with E-state index in [0.29, 0.717) is 19.7 Å². The van der Waals surface area contributed by atoms with E-state index in [2.05, 4.69) is 5.32 Å². The molecule has 0 aliphatic carbocycles. The molecule has 0 spiro atoms. The van der Waals surface area contributed by atoms with Crippen molar-refractivity contribution in [3.63, 3.8) is 0 Å². The van der Waals surface area contributed by atoms with Gasteiger partial charge in [0.1, 0.15) is 12.2 Å². The highest BCUT2D eigenvalue weighted by Crippen LogP contribution is 2.15. The molecule has 0 radical (unpaired) electrons. The Balaban J connectivity index is 2.20. The van der Waals surface area contributed by atoms with Crippen molar-refractivity contribution >= 4 is 0 Å². The zero-order valence-corrected chi connectivity index (χ0v) is 7.90. The summed E-state index contributed by atoms with van der Waals surface area (Å²) in [6.07, 6.45) is -0.892. The zero-order chi connectivity index (χ0) is 9.68. The van der Waals surface area contributed by atoms with E-state index in [1.165, 1.54) is 0 Å². The third-order valence-electron chi connectivity index (χ3n) is 2.21. The fourth-order valence-electron chi connectivity index (χ4n) is 1.39. The molecule has 1 saturated heterocycles. The van der Waals surface area contributed by atoms with E-state index in [1.54, 1.807) is 7.11 Å². The van der Waals surface area contributed by atoms with Crippen LogP contribution in [0.1, 0.15) is 0 Å². The molecule has 0 aromatic heterocycles. The molecule has 3 atom stereocenters. The normalized spacial score (nSPS) is 33.9. The number of hydrogen-bond donors (Lipinski definition) is 3. The predicted molar refractivity (Wildman–Crippen MR) is 48.5 cm³/mol. The van der Waals surface area contributed by atoms with Gasteiger partial charge in [0.05, 0.1) is 12.7 Å². The maximum absolute atomic E-state index is 9.63. The summed E-state index contributed by atoms with van der Waals surface area (Å²) in [7, 11) is 1.58. The van der Waals surface area contributed by atoms with Crippen molar-refractivity contribution in [2.24, 2.45) is 5.73 Å². The van der Waals surface area contributed by atoms with E-state index in [1.807, 2.05) is 0 Å². The number of methoxy groups -OCH3 is 1. The van der Waals surface area contributed by atoms with Gasteiger partial charge in [-0.25, -0.2) is 0 Å². The highest BCUT2D eigenvalue weighted by molar-refractivity contribution is 4.85. The molecule has 13 heavy (non-hydrogen) atoms. The molecule has 3 unspecified atom stereocenters. The molecule has 5 nitrogen and oxygen atoms in total. The molecule has 1 aliphatic heterocycles. The van der Waals surface area contributed by atoms with E-state index in [-0.39, 0.29) is 12.2 Å². The number of aliphatic hydroxyl groups is 1. The summed E-state index contributed by atoms with van der Waals surface area (Å²) in [5.74, 6) is 0. The standard InChI is InChI=1S/C8H18N2O3/c1-12-7-5-13-6(8(7)11)4-10-3-2-9/h6-8,10-11H,2-5,9H2,1H3.